The first kappa shape index (κ1) is 12.5. The summed E-state index contributed by atoms with van der Waals surface area (Å²) in [6, 6.07) is 6.84. The second-order valence-electron chi connectivity index (χ2n) is 5.39. The molecular weight excluding hydrogens is 236 g/mol. The molecule has 1 fully saturated rings. The quantitative estimate of drug-likeness (QED) is 0.914. The topological polar surface area (TPSA) is 32.6 Å². The molecule has 0 bridgehead atoms. The third kappa shape index (κ3) is 2.21. The molecule has 0 amide bonds. The number of nitrogens with one attached hydrogen (secondary N) is 1. The summed E-state index contributed by atoms with van der Waals surface area (Å²) >= 11 is 0. The minimum Gasteiger partial charge on any atom is -0.355 e. The van der Waals surface area contributed by atoms with E-state index >= 15 is 0 Å². The van der Waals surface area contributed by atoms with E-state index in [1.54, 1.807) is 0 Å². The smallest absolute Gasteiger partial charge is 0.152 e. The van der Waals surface area contributed by atoms with Crippen molar-refractivity contribution in [2.24, 2.45) is 0 Å². The molecule has 1 N–H and O–H groups in total. The third-order valence-corrected chi connectivity index (χ3v) is 4.16. The Labute approximate surface area is 114 Å². The van der Waals surface area contributed by atoms with Gasteiger partial charge in [0.2, 0.25) is 0 Å². The minimum absolute atomic E-state index is 0.653. The lowest BCUT2D eigenvalue weighted by molar-refractivity contribution is 0.641. The number of fused-ring (bicyclic) bond motifs is 1. The maximum absolute atomic E-state index is 4.82. The Morgan fingerprint density at radius 1 is 1.37 bits per heavy atom. The molecule has 1 saturated carbocycles. The number of pyridine rings is 1. The van der Waals surface area contributed by atoms with Gasteiger partial charge in [0.05, 0.1) is 5.69 Å². The maximum atomic E-state index is 4.82. The average molecular weight is 258 g/mol. The highest BCUT2D eigenvalue weighted by molar-refractivity contribution is 5.56. The molecule has 0 saturated heterocycles. The van der Waals surface area contributed by atoms with Crippen LogP contribution in [0.25, 0.3) is 5.65 Å². The average Bonchev–Trinajstić information content (AvgIpc) is 3.06. The number of rotatable bonds is 4. The van der Waals surface area contributed by atoms with Crippen LogP contribution in [0.1, 0.15) is 31.4 Å². The first-order valence-electron chi connectivity index (χ1n) is 7.14. The molecule has 19 heavy (non-hydrogen) atoms. The summed E-state index contributed by atoms with van der Waals surface area (Å²) < 4.78 is 2.19. The van der Waals surface area contributed by atoms with Gasteiger partial charge in [0.1, 0.15) is 5.65 Å². The van der Waals surface area contributed by atoms with Crippen molar-refractivity contribution >= 4 is 11.5 Å². The highest BCUT2D eigenvalue weighted by Gasteiger charge is 2.24. The van der Waals surface area contributed by atoms with Gasteiger partial charge in [-0.2, -0.15) is 0 Å². The molecule has 2 aromatic heterocycles. The van der Waals surface area contributed by atoms with Gasteiger partial charge >= 0.3 is 0 Å². The Bertz CT molecular complexity index is 554. The zero-order valence-corrected chi connectivity index (χ0v) is 11.8. The number of aromatic nitrogens is 2. The molecule has 3 rings (SSSR count). The second-order valence-corrected chi connectivity index (χ2v) is 5.39. The van der Waals surface area contributed by atoms with E-state index in [-0.39, 0.29) is 0 Å². The van der Waals surface area contributed by atoms with E-state index in [4.69, 9.17) is 4.98 Å². The number of hydrogen-bond acceptors (Lipinski definition) is 3. The van der Waals surface area contributed by atoms with Gasteiger partial charge in [-0.05, 0) is 32.0 Å². The van der Waals surface area contributed by atoms with Crippen molar-refractivity contribution in [3.8, 4) is 0 Å². The van der Waals surface area contributed by atoms with Crippen molar-refractivity contribution in [2.75, 3.05) is 19.0 Å². The van der Waals surface area contributed by atoms with Gasteiger partial charge in [-0.1, -0.05) is 18.9 Å². The van der Waals surface area contributed by atoms with Gasteiger partial charge in [0.25, 0.3) is 0 Å². The lowest BCUT2D eigenvalue weighted by atomic mass is 10.2. The fraction of sp³-hybridized carbons (Fsp3) is 0.533. The Balaban J connectivity index is 2.03. The zero-order chi connectivity index (χ0) is 13.2. The van der Waals surface area contributed by atoms with E-state index in [0.29, 0.717) is 6.04 Å². The van der Waals surface area contributed by atoms with Crippen LogP contribution in [0.3, 0.4) is 0 Å². The largest absolute Gasteiger partial charge is 0.355 e. The van der Waals surface area contributed by atoms with Crippen molar-refractivity contribution in [3.63, 3.8) is 0 Å². The Hall–Kier alpha value is -1.55. The SMILES string of the molecule is CNCc1c(N(C)C2CCCC2)nc2ccccn12. The molecule has 0 aliphatic heterocycles. The van der Waals surface area contributed by atoms with Crippen molar-refractivity contribution in [1.82, 2.24) is 14.7 Å². The summed E-state index contributed by atoms with van der Waals surface area (Å²) in [7, 11) is 4.18. The van der Waals surface area contributed by atoms with E-state index in [2.05, 4.69) is 40.0 Å². The fourth-order valence-corrected chi connectivity index (χ4v) is 3.11. The van der Waals surface area contributed by atoms with E-state index in [0.717, 1.165) is 18.0 Å². The van der Waals surface area contributed by atoms with E-state index in [1.807, 2.05) is 13.1 Å². The van der Waals surface area contributed by atoms with Crippen molar-refractivity contribution in [1.29, 1.82) is 0 Å². The second kappa shape index (κ2) is 5.21. The Morgan fingerprint density at radius 2 is 2.16 bits per heavy atom. The van der Waals surface area contributed by atoms with Gasteiger partial charge < -0.3 is 14.6 Å². The van der Waals surface area contributed by atoms with Crippen LogP contribution in [0.15, 0.2) is 24.4 Å². The highest BCUT2D eigenvalue weighted by atomic mass is 15.2. The van der Waals surface area contributed by atoms with E-state index < -0.39 is 0 Å². The fourth-order valence-electron chi connectivity index (χ4n) is 3.11. The van der Waals surface area contributed by atoms with Crippen LogP contribution in [0.2, 0.25) is 0 Å². The molecule has 0 unspecified atom stereocenters. The van der Waals surface area contributed by atoms with Crippen LogP contribution in [0, 0.1) is 0 Å². The number of anilines is 1. The summed E-state index contributed by atoms with van der Waals surface area (Å²) in [6.45, 7) is 0.845. The monoisotopic (exact) mass is 258 g/mol. The highest BCUT2D eigenvalue weighted by Crippen LogP contribution is 2.29. The standard InChI is InChI=1S/C15H22N4/c1-16-11-13-15(18(2)12-7-3-4-8-12)17-14-9-5-6-10-19(13)14/h5-6,9-10,12,16H,3-4,7-8,11H2,1-2H3. The number of imidazole rings is 1. The van der Waals surface area contributed by atoms with Crippen LogP contribution in [0.5, 0.6) is 0 Å². The summed E-state index contributed by atoms with van der Waals surface area (Å²) in [4.78, 5) is 7.21. The van der Waals surface area contributed by atoms with Crippen molar-refractivity contribution in [3.05, 3.63) is 30.1 Å². The summed E-state index contributed by atoms with van der Waals surface area (Å²) in [5.74, 6) is 1.13. The van der Waals surface area contributed by atoms with Gasteiger partial charge in [0.15, 0.2) is 5.82 Å². The lowest BCUT2D eigenvalue weighted by Gasteiger charge is -2.25. The minimum atomic E-state index is 0.653. The van der Waals surface area contributed by atoms with Gasteiger partial charge in [0, 0.05) is 25.8 Å². The molecule has 2 aromatic rings. The maximum Gasteiger partial charge on any atom is 0.152 e. The zero-order valence-electron chi connectivity index (χ0n) is 11.8. The number of nitrogens with zero attached hydrogens (tertiary/aromatic N) is 3. The summed E-state index contributed by atoms with van der Waals surface area (Å²) in [6.07, 6.45) is 7.39. The Morgan fingerprint density at radius 3 is 2.89 bits per heavy atom. The van der Waals surface area contributed by atoms with Crippen LogP contribution in [-0.2, 0) is 6.54 Å². The molecule has 102 valence electrons. The number of hydrogen-bond donors (Lipinski definition) is 1. The molecule has 1 aliphatic rings. The van der Waals surface area contributed by atoms with Crippen LogP contribution < -0.4 is 10.2 Å². The molecule has 0 atom stereocenters. The van der Waals surface area contributed by atoms with E-state index in [9.17, 15) is 0 Å². The van der Waals surface area contributed by atoms with Gasteiger partial charge in [-0.25, -0.2) is 4.98 Å². The normalized spacial score (nSPS) is 16.3. The molecular formula is C15H22N4. The van der Waals surface area contributed by atoms with E-state index in [1.165, 1.54) is 31.4 Å². The van der Waals surface area contributed by atoms with Crippen LogP contribution in [-0.4, -0.2) is 29.5 Å². The molecule has 2 heterocycles. The first-order chi connectivity index (χ1) is 9.31. The molecule has 0 aromatic carbocycles. The third-order valence-electron chi connectivity index (χ3n) is 4.16. The van der Waals surface area contributed by atoms with Crippen molar-refractivity contribution < 1.29 is 0 Å². The van der Waals surface area contributed by atoms with Crippen LogP contribution in [0.4, 0.5) is 5.82 Å². The van der Waals surface area contributed by atoms with Gasteiger partial charge in [-0.15, -0.1) is 0 Å². The molecule has 0 spiro atoms. The summed E-state index contributed by atoms with van der Waals surface area (Å²) in [5.41, 5.74) is 2.29. The molecule has 0 radical (unpaired) electrons. The first-order valence-corrected chi connectivity index (χ1v) is 7.14. The molecule has 1 aliphatic carbocycles. The molecule has 4 heteroatoms. The lowest BCUT2D eigenvalue weighted by Crippen LogP contribution is -2.30. The predicted molar refractivity (Wildman–Crippen MR) is 78.6 cm³/mol. The van der Waals surface area contributed by atoms with Crippen molar-refractivity contribution in [2.45, 2.75) is 38.3 Å². The van der Waals surface area contributed by atoms with Gasteiger partial charge in [-0.3, -0.25) is 0 Å². The molecule has 4 nitrogen and oxygen atoms in total. The van der Waals surface area contributed by atoms with Crippen LogP contribution >= 0.6 is 0 Å². The summed E-state index contributed by atoms with van der Waals surface area (Å²) in [5, 5.41) is 3.26. The Kier molecular flexibility index (Phi) is 3.42. The predicted octanol–water partition coefficient (Wildman–Crippen LogP) is 2.43.